The van der Waals surface area contributed by atoms with Crippen LogP contribution in [0, 0.1) is 12.8 Å². The third-order valence-electron chi connectivity index (χ3n) is 4.33. The van der Waals surface area contributed by atoms with E-state index in [-0.39, 0.29) is 6.79 Å². The summed E-state index contributed by atoms with van der Waals surface area (Å²) >= 11 is 0. The fourth-order valence-electron chi connectivity index (χ4n) is 3.04. The van der Waals surface area contributed by atoms with E-state index in [4.69, 9.17) is 28.8 Å². The molecule has 0 aliphatic carbocycles. The van der Waals surface area contributed by atoms with Crippen LogP contribution in [0.2, 0.25) is 0 Å². The fourth-order valence-corrected chi connectivity index (χ4v) is 3.04. The lowest BCUT2D eigenvalue weighted by Crippen LogP contribution is -2.02. The number of aryl methyl sites for hydroxylation is 1. The van der Waals surface area contributed by atoms with Gasteiger partial charge in [-0.05, 0) is 25.0 Å². The van der Waals surface area contributed by atoms with Gasteiger partial charge in [0.25, 0.3) is 0 Å². The molecule has 0 fully saturated rings. The van der Waals surface area contributed by atoms with E-state index >= 15 is 0 Å². The zero-order valence-electron chi connectivity index (χ0n) is 15.9. The topological polar surface area (TPSA) is 84.4 Å². The van der Waals surface area contributed by atoms with E-state index in [0.29, 0.717) is 35.6 Å². The number of nitrogens with zero attached hydrogens (tertiary/aromatic N) is 4. The van der Waals surface area contributed by atoms with Crippen molar-refractivity contribution in [2.45, 2.75) is 33.8 Å². The van der Waals surface area contributed by atoms with Crippen LogP contribution in [0.5, 0.6) is 11.5 Å². The summed E-state index contributed by atoms with van der Waals surface area (Å²) in [7, 11) is 1.64. The number of fused-ring (bicyclic) bond motifs is 1. The van der Waals surface area contributed by atoms with Gasteiger partial charge in [0.1, 0.15) is 5.76 Å². The van der Waals surface area contributed by atoms with Gasteiger partial charge in [0.05, 0.1) is 17.9 Å². The van der Waals surface area contributed by atoms with Gasteiger partial charge in [-0.2, -0.15) is 5.10 Å². The molecular weight excluding hydrogens is 348 g/mol. The predicted octanol–water partition coefficient (Wildman–Crippen LogP) is 3.30. The fraction of sp³-hybridized carbons (Fsp3) is 0.421. The van der Waals surface area contributed by atoms with Crippen LogP contribution in [-0.2, 0) is 17.8 Å². The Kier molecular flexibility index (Phi) is 4.57. The van der Waals surface area contributed by atoms with Crippen molar-refractivity contribution in [1.82, 2.24) is 19.9 Å². The van der Waals surface area contributed by atoms with Crippen LogP contribution in [0.4, 0.5) is 0 Å². The second-order valence-electron chi connectivity index (χ2n) is 6.90. The summed E-state index contributed by atoms with van der Waals surface area (Å²) in [5.74, 6) is 3.92. The van der Waals surface area contributed by atoms with Crippen LogP contribution in [0.3, 0.4) is 0 Å². The van der Waals surface area contributed by atoms with Gasteiger partial charge in [-0.1, -0.05) is 19.0 Å². The molecule has 1 aromatic carbocycles. The molecule has 8 nitrogen and oxygen atoms in total. The lowest BCUT2D eigenvalue weighted by atomic mass is 10.1. The summed E-state index contributed by atoms with van der Waals surface area (Å²) in [6, 6.07) is 5.69. The molecule has 1 aliphatic heterocycles. The van der Waals surface area contributed by atoms with Gasteiger partial charge in [-0.25, -0.2) is 9.67 Å². The molecule has 27 heavy (non-hydrogen) atoms. The van der Waals surface area contributed by atoms with E-state index in [1.54, 1.807) is 11.8 Å². The summed E-state index contributed by atoms with van der Waals surface area (Å²) < 4.78 is 23.4. The molecule has 0 saturated heterocycles. The van der Waals surface area contributed by atoms with Crippen LogP contribution in [0.25, 0.3) is 17.2 Å². The normalized spacial score (nSPS) is 12.9. The molecule has 4 rings (SSSR count). The quantitative estimate of drug-likeness (QED) is 0.658. The molecule has 2 aromatic heterocycles. The van der Waals surface area contributed by atoms with Crippen LogP contribution in [0.1, 0.15) is 31.0 Å². The van der Waals surface area contributed by atoms with Crippen molar-refractivity contribution in [2.24, 2.45) is 5.92 Å². The Labute approximate surface area is 157 Å². The summed E-state index contributed by atoms with van der Waals surface area (Å²) in [4.78, 5) is 4.75. The lowest BCUT2D eigenvalue weighted by Gasteiger charge is -2.06. The Morgan fingerprint density at radius 2 is 2.04 bits per heavy atom. The standard InChI is InChI=1S/C19H22N4O4/c1-11(2)7-17-20-19(18-14(9-24-4)12(3)27-22-18)23(21-17)13-5-6-15-16(8-13)26-10-25-15/h5-6,8,11H,7,9-10H2,1-4H3. The highest BCUT2D eigenvalue weighted by Gasteiger charge is 2.24. The maximum absolute atomic E-state index is 5.51. The summed E-state index contributed by atoms with van der Waals surface area (Å²) in [5.41, 5.74) is 2.32. The first-order valence-electron chi connectivity index (χ1n) is 8.87. The van der Waals surface area contributed by atoms with Crippen LogP contribution >= 0.6 is 0 Å². The zero-order valence-corrected chi connectivity index (χ0v) is 15.9. The van der Waals surface area contributed by atoms with E-state index in [1.807, 2.05) is 25.1 Å². The Hall–Kier alpha value is -2.87. The van der Waals surface area contributed by atoms with Gasteiger partial charge in [0, 0.05) is 19.6 Å². The van der Waals surface area contributed by atoms with Gasteiger partial charge in [0.2, 0.25) is 6.79 Å². The van der Waals surface area contributed by atoms with Crippen LogP contribution in [-0.4, -0.2) is 33.8 Å². The number of rotatable bonds is 6. The number of methoxy groups -OCH3 is 1. The van der Waals surface area contributed by atoms with Gasteiger partial charge < -0.3 is 18.7 Å². The molecule has 0 unspecified atom stereocenters. The van der Waals surface area contributed by atoms with Crippen molar-refractivity contribution in [3.05, 3.63) is 35.3 Å². The largest absolute Gasteiger partial charge is 0.454 e. The average molecular weight is 370 g/mol. The molecule has 0 atom stereocenters. The highest BCUT2D eigenvalue weighted by Crippen LogP contribution is 2.35. The van der Waals surface area contributed by atoms with E-state index in [1.165, 1.54) is 0 Å². The average Bonchev–Trinajstić information content (AvgIpc) is 3.33. The monoisotopic (exact) mass is 370 g/mol. The number of hydrogen-bond acceptors (Lipinski definition) is 7. The van der Waals surface area contributed by atoms with Gasteiger partial charge in [0.15, 0.2) is 28.8 Å². The third kappa shape index (κ3) is 3.28. The molecule has 0 radical (unpaired) electrons. The minimum absolute atomic E-state index is 0.224. The lowest BCUT2D eigenvalue weighted by molar-refractivity contribution is 0.174. The molecule has 3 aromatic rings. The molecule has 1 aliphatic rings. The van der Waals surface area contributed by atoms with E-state index in [9.17, 15) is 0 Å². The minimum Gasteiger partial charge on any atom is -0.454 e. The van der Waals surface area contributed by atoms with E-state index in [2.05, 4.69) is 19.0 Å². The SMILES string of the molecule is COCc1c(-c2nc(CC(C)C)nn2-c2ccc3c(c2)OCO3)noc1C. The Bertz CT molecular complexity index is 961. The molecular formula is C19H22N4O4. The van der Waals surface area contributed by atoms with Crippen molar-refractivity contribution in [1.29, 1.82) is 0 Å². The molecule has 0 spiro atoms. The van der Waals surface area contributed by atoms with Crippen molar-refractivity contribution in [3.63, 3.8) is 0 Å². The van der Waals surface area contributed by atoms with Crippen molar-refractivity contribution in [2.75, 3.05) is 13.9 Å². The first-order valence-corrected chi connectivity index (χ1v) is 8.87. The Balaban J connectivity index is 1.84. The molecule has 142 valence electrons. The van der Waals surface area contributed by atoms with Gasteiger partial charge >= 0.3 is 0 Å². The number of benzene rings is 1. The van der Waals surface area contributed by atoms with Gasteiger partial charge in [-0.3, -0.25) is 0 Å². The zero-order chi connectivity index (χ0) is 19.0. The number of hydrogen-bond donors (Lipinski definition) is 0. The van der Waals surface area contributed by atoms with Crippen LogP contribution < -0.4 is 9.47 Å². The summed E-state index contributed by atoms with van der Waals surface area (Å²) in [6.45, 7) is 6.75. The Morgan fingerprint density at radius 3 is 2.81 bits per heavy atom. The third-order valence-corrected chi connectivity index (χ3v) is 4.33. The highest BCUT2D eigenvalue weighted by atomic mass is 16.7. The molecule has 0 bridgehead atoms. The van der Waals surface area contributed by atoms with Crippen molar-refractivity contribution in [3.8, 4) is 28.7 Å². The van der Waals surface area contributed by atoms with Crippen LogP contribution in [0.15, 0.2) is 22.7 Å². The van der Waals surface area contributed by atoms with Crippen molar-refractivity contribution < 1.29 is 18.7 Å². The second kappa shape index (κ2) is 7.03. The molecule has 3 heterocycles. The first kappa shape index (κ1) is 17.5. The number of ether oxygens (including phenoxy) is 3. The van der Waals surface area contributed by atoms with E-state index in [0.717, 1.165) is 29.2 Å². The van der Waals surface area contributed by atoms with Gasteiger partial charge in [-0.15, -0.1) is 0 Å². The molecule has 0 amide bonds. The molecule has 0 N–H and O–H groups in total. The molecule has 8 heteroatoms. The first-order chi connectivity index (χ1) is 13.1. The summed E-state index contributed by atoms with van der Waals surface area (Å²) in [6.07, 6.45) is 0.765. The molecule has 0 saturated carbocycles. The predicted molar refractivity (Wildman–Crippen MR) is 97.0 cm³/mol. The maximum Gasteiger partial charge on any atom is 0.231 e. The number of aromatic nitrogens is 4. The smallest absolute Gasteiger partial charge is 0.231 e. The minimum atomic E-state index is 0.224. The second-order valence-corrected chi connectivity index (χ2v) is 6.90. The van der Waals surface area contributed by atoms with Crippen molar-refractivity contribution >= 4 is 0 Å². The van der Waals surface area contributed by atoms with E-state index < -0.39 is 0 Å². The maximum atomic E-state index is 5.51. The highest BCUT2D eigenvalue weighted by molar-refractivity contribution is 5.60. The Morgan fingerprint density at radius 1 is 1.22 bits per heavy atom. The summed E-state index contributed by atoms with van der Waals surface area (Å²) in [5, 5.41) is 8.94.